The van der Waals surface area contributed by atoms with Crippen molar-refractivity contribution in [3.05, 3.63) is 36.4 Å². The summed E-state index contributed by atoms with van der Waals surface area (Å²) in [4.78, 5) is 16.5. The van der Waals surface area contributed by atoms with Crippen LogP contribution in [0.2, 0.25) is 0 Å². The molecule has 0 radical (unpaired) electrons. The van der Waals surface area contributed by atoms with Crippen LogP contribution in [0.3, 0.4) is 0 Å². The molecule has 0 spiro atoms. The number of unbranched alkanes of at least 4 members (excludes halogenated alkanes) is 5. The van der Waals surface area contributed by atoms with E-state index in [-0.39, 0.29) is 5.91 Å². The molecule has 1 heterocycles. The predicted octanol–water partition coefficient (Wildman–Crippen LogP) is 4.26. The number of hydrogen-bond acceptors (Lipinski definition) is 3. The van der Waals surface area contributed by atoms with E-state index in [4.69, 9.17) is 4.74 Å². The molecule has 25 heavy (non-hydrogen) atoms. The summed E-state index contributed by atoms with van der Waals surface area (Å²) in [6.07, 6.45) is 11.2. The highest BCUT2D eigenvalue weighted by Crippen LogP contribution is 2.20. The van der Waals surface area contributed by atoms with E-state index in [2.05, 4.69) is 24.0 Å². The summed E-state index contributed by atoms with van der Waals surface area (Å²) in [5.74, 6) is 1.03. The number of rotatable bonds is 9. The van der Waals surface area contributed by atoms with Gasteiger partial charge in [-0.25, -0.2) is 0 Å². The standard InChI is InChI=1S/C21H32N2O2/c1-3-4-5-6-7-8-9-10-21(24)23-17-15-22(16-18-23)19-11-13-20(25-2)14-12-19/h9-14H,3-8,15-18H2,1-2H3. The highest BCUT2D eigenvalue weighted by molar-refractivity contribution is 5.87. The van der Waals surface area contributed by atoms with Crippen LogP contribution >= 0.6 is 0 Å². The first-order valence-corrected chi connectivity index (χ1v) is 9.59. The van der Waals surface area contributed by atoms with E-state index in [9.17, 15) is 4.79 Å². The monoisotopic (exact) mass is 344 g/mol. The molecule has 0 unspecified atom stereocenters. The van der Waals surface area contributed by atoms with Crippen molar-refractivity contribution >= 4 is 11.6 Å². The Hall–Kier alpha value is -1.97. The lowest BCUT2D eigenvalue weighted by Gasteiger charge is -2.35. The average molecular weight is 344 g/mol. The molecule has 1 aliphatic rings. The number of nitrogens with zero attached hydrogens (tertiary/aromatic N) is 2. The smallest absolute Gasteiger partial charge is 0.246 e. The number of amides is 1. The second-order valence-corrected chi connectivity index (χ2v) is 6.62. The van der Waals surface area contributed by atoms with Crippen LogP contribution in [0.15, 0.2) is 36.4 Å². The van der Waals surface area contributed by atoms with Crippen LogP contribution in [0.25, 0.3) is 0 Å². The minimum Gasteiger partial charge on any atom is -0.497 e. The highest BCUT2D eigenvalue weighted by atomic mass is 16.5. The molecule has 1 saturated heterocycles. The second kappa shape index (κ2) is 10.8. The van der Waals surface area contributed by atoms with Gasteiger partial charge in [0.15, 0.2) is 0 Å². The van der Waals surface area contributed by atoms with Gasteiger partial charge in [0, 0.05) is 31.9 Å². The SMILES string of the molecule is CCCCCCCC=CC(=O)N1CCN(c2ccc(OC)cc2)CC1. The second-order valence-electron chi connectivity index (χ2n) is 6.62. The highest BCUT2D eigenvalue weighted by Gasteiger charge is 2.19. The number of carbonyl (C=O) groups excluding carboxylic acids is 1. The Balaban J connectivity index is 1.69. The van der Waals surface area contributed by atoms with Gasteiger partial charge < -0.3 is 14.5 Å². The van der Waals surface area contributed by atoms with Gasteiger partial charge in [-0.15, -0.1) is 0 Å². The van der Waals surface area contributed by atoms with Crippen molar-refractivity contribution in [3.63, 3.8) is 0 Å². The van der Waals surface area contributed by atoms with Crippen molar-refractivity contribution in [2.45, 2.75) is 45.4 Å². The van der Waals surface area contributed by atoms with Gasteiger partial charge in [0.2, 0.25) is 5.91 Å². The molecule has 138 valence electrons. The zero-order valence-electron chi connectivity index (χ0n) is 15.7. The first-order chi connectivity index (χ1) is 12.2. The predicted molar refractivity (Wildman–Crippen MR) is 104 cm³/mol. The van der Waals surface area contributed by atoms with E-state index >= 15 is 0 Å². The van der Waals surface area contributed by atoms with E-state index in [1.165, 1.54) is 37.8 Å². The molecule has 1 aromatic rings. The summed E-state index contributed by atoms with van der Waals surface area (Å²) >= 11 is 0. The normalized spacial score (nSPS) is 15.0. The third-order valence-corrected chi connectivity index (χ3v) is 4.76. The molecule has 1 aliphatic heterocycles. The van der Waals surface area contributed by atoms with Gasteiger partial charge in [0.25, 0.3) is 0 Å². The van der Waals surface area contributed by atoms with Crippen molar-refractivity contribution in [1.29, 1.82) is 0 Å². The maximum absolute atomic E-state index is 12.3. The topological polar surface area (TPSA) is 32.8 Å². The lowest BCUT2D eigenvalue weighted by atomic mass is 10.1. The van der Waals surface area contributed by atoms with E-state index < -0.39 is 0 Å². The van der Waals surface area contributed by atoms with Gasteiger partial charge in [-0.1, -0.05) is 38.7 Å². The molecule has 1 fully saturated rings. The lowest BCUT2D eigenvalue weighted by molar-refractivity contribution is -0.126. The van der Waals surface area contributed by atoms with Crippen molar-refractivity contribution in [2.75, 3.05) is 38.2 Å². The fourth-order valence-electron chi connectivity index (χ4n) is 3.13. The molecule has 2 rings (SSSR count). The lowest BCUT2D eigenvalue weighted by Crippen LogP contribution is -2.48. The Labute approximate surface area is 152 Å². The van der Waals surface area contributed by atoms with Crippen LogP contribution in [0, 0.1) is 0 Å². The quantitative estimate of drug-likeness (QED) is 0.496. The van der Waals surface area contributed by atoms with Crippen LogP contribution in [0.4, 0.5) is 5.69 Å². The number of anilines is 1. The molecule has 1 amide bonds. The third-order valence-electron chi connectivity index (χ3n) is 4.76. The Morgan fingerprint density at radius 1 is 1.04 bits per heavy atom. The molecule has 0 bridgehead atoms. The number of allylic oxidation sites excluding steroid dienone is 1. The van der Waals surface area contributed by atoms with E-state index in [1.807, 2.05) is 23.1 Å². The summed E-state index contributed by atoms with van der Waals surface area (Å²) in [6, 6.07) is 8.12. The Morgan fingerprint density at radius 2 is 1.72 bits per heavy atom. The number of carbonyl (C=O) groups is 1. The fraction of sp³-hybridized carbons (Fsp3) is 0.571. The number of methoxy groups -OCH3 is 1. The molecule has 0 aliphatic carbocycles. The minimum absolute atomic E-state index is 0.155. The number of benzene rings is 1. The Kier molecular flexibility index (Phi) is 8.36. The van der Waals surface area contributed by atoms with Crippen molar-refractivity contribution in [2.24, 2.45) is 0 Å². The molecule has 0 saturated carbocycles. The van der Waals surface area contributed by atoms with E-state index in [1.54, 1.807) is 13.2 Å². The average Bonchev–Trinajstić information content (AvgIpc) is 2.67. The van der Waals surface area contributed by atoms with E-state index in [0.717, 1.165) is 38.3 Å². The largest absolute Gasteiger partial charge is 0.497 e. The van der Waals surface area contributed by atoms with Crippen molar-refractivity contribution in [3.8, 4) is 5.75 Å². The zero-order valence-corrected chi connectivity index (χ0v) is 15.7. The van der Waals surface area contributed by atoms with E-state index in [0.29, 0.717) is 0 Å². The molecular weight excluding hydrogens is 312 g/mol. The zero-order chi connectivity index (χ0) is 17.9. The Morgan fingerprint density at radius 3 is 2.36 bits per heavy atom. The van der Waals surface area contributed by atoms with Crippen LogP contribution < -0.4 is 9.64 Å². The molecule has 0 aromatic heterocycles. The molecule has 4 heteroatoms. The van der Waals surface area contributed by atoms with Gasteiger partial charge in [0.05, 0.1) is 7.11 Å². The summed E-state index contributed by atoms with van der Waals surface area (Å²) in [5, 5.41) is 0. The summed E-state index contributed by atoms with van der Waals surface area (Å²) in [6.45, 7) is 5.55. The summed E-state index contributed by atoms with van der Waals surface area (Å²) in [7, 11) is 1.68. The van der Waals surface area contributed by atoms with Crippen LogP contribution in [0.5, 0.6) is 5.75 Å². The van der Waals surface area contributed by atoms with Gasteiger partial charge in [0.1, 0.15) is 5.75 Å². The van der Waals surface area contributed by atoms with Crippen LogP contribution in [-0.4, -0.2) is 44.1 Å². The summed E-state index contributed by atoms with van der Waals surface area (Å²) in [5.41, 5.74) is 1.19. The number of ether oxygens (including phenoxy) is 1. The van der Waals surface area contributed by atoms with Crippen LogP contribution in [0.1, 0.15) is 45.4 Å². The van der Waals surface area contributed by atoms with Crippen LogP contribution in [-0.2, 0) is 4.79 Å². The van der Waals surface area contributed by atoms with Crippen molar-refractivity contribution in [1.82, 2.24) is 4.90 Å². The molecule has 4 nitrogen and oxygen atoms in total. The van der Waals surface area contributed by atoms with Gasteiger partial charge in [-0.3, -0.25) is 4.79 Å². The fourth-order valence-corrected chi connectivity index (χ4v) is 3.13. The first-order valence-electron chi connectivity index (χ1n) is 9.59. The molecular formula is C21H32N2O2. The first kappa shape index (κ1) is 19.4. The number of piperazine rings is 1. The Bertz CT molecular complexity index is 531. The third kappa shape index (κ3) is 6.45. The van der Waals surface area contributed by atoms with Crippen molar-refractivity contribution < 1.29 is 9.53 Å². The maximum atomic E-state index is 12.3. The molecule has 0 atom stereocenters. The van der Waals surface area contributed by atoms with Gasteiger partial charge in [-0.2, -0.15) is 0 Å². The molecule has 0 N–H and O–H groups in total. The summed E-state index contributed by atoms with van der Waals surface area (Å²) < 4.78 is 5.20. The maximum Gasteiger partial charge on any atom is 0.246 e. The van der Waals surface area contributed by atoms with Gasteiger partial charge in [-0.05, 0) is 43.2 Å². The van der Waals surface area contributed by atoms with Gasteiger partial charge >= 0.3 is 0 Å². The number of hydrogen-bond donors (Lipinski definition) is 0. The molecule has 1 aromatic carbocycles. The minimum atomic E-state index is 0.155.